The van der Waals surface area contributed by atoms with Gasteiger partial charge in [0.1, 0.15) is 0 Å². The number of aromatic nitrogens is 1. The Balaban J connectivity index is 2.36. The van der Waals surface area contributed by atoms with Gasteiger partial charge in [0, 0.05) is 0 Å². The molecular weight excluding hydrogens is 180 g/mol. The fourth-order valence-electron chi connectivity index (χ4n) is 1.74. The third-order valence-corrected chi connectivity index (χ3v) is 3.47. The van der Waals surface area contributed by atoms with Crippen LogP contribution < -0.4 is 5.73 Å². The molecule has 2 N–H and O–H groups in total. The molecule has 0 aliphatic heterocycles. The van der Waals surface area contributed by atoms with Crippen molar-refractivity contribution in [1.29, 1.82) is 0 Å². The number of pyridine rings is 1. The molecule has 0 aromatic carbocycles. The summed E-state index contributed by atoms with van der Waals surface area (Å²) in [6.45, 7) is 0. The van der Waals surface area contributed by atoms with Crippen LogP contribution in [0.4, 0.5) is 5.69 Å². The second-order valence-corrected chi connectivity index (χ2v) is 4.45. The van der Waals surface area contributed by atoms with E-state index in [1.807, 2.05) is 0 Å². The van der Waals surface area contributed by atoms with E-state index in [2.05, 4.69) is 16.4 Å². The van der Waals surface area contributed by atoms with Crippen molar-refractivity contribution < 1.29 is 0 Å². The van der Waals surface area contributed by atoms with Crippen LogP contribution in [0.1, 0.15) is 24.3 Å². The van der Waals surface area contributed by atoms with Gasteiger partial charge in [0.15, 0.2) is 0 Å². The highest BCUT2D eigenvalue weighted by Gasteiger charge is 2.28. The minimum absolute atomic E-state index is 0.712. The molecular formula is C10H10N2S. The van der Waals surface area contributed by atoms with E-state index in [-0.39, 0.29) is 0 Å². The lowest BCUT2D eigenvalue weighted by atomic mass is 10.1. The number of nitrogens with two attached hydrogens (primary N) is 1. The number of thiophene rings is 1. The highest BCUT2D eigenvalue weighted by atomic mass is 32.1. The van der Waals surface area contributed by atoms with E-state index < -0.39 is 0 Å². The highest BCUT2D eigenvalue weighted by Crippen LogP contribution is 2.46. The molecule has 0 atom stereocenters. The van der Waals surface area contributed by atoms with Crippen LogP contribution in [0, 0.1) is 0 Å². The largest absolute Gasteiger partial charge is 0.397 e. The maximum absolute atomic E-state index is 5.93. The fourth-order valence-corrected chi connectivity index (χ4v) is 2.72. The van der Waals surface area contributed by atoms with Gasteiger partial charge in [0.25, 0.3) is 0 Å². The normalized spacial score (nSPS) is 16.6. The summed E-state index contributed by atoms with van der Waals surface area (Å²) in [6, 6.07) is 2.06. The Kier molecular flexibility index (Phi) is 1.38. The summed E-state index contributed by atoms with van der Waals surface area (Å²) < 4.78 is 1.29. The molecule has 2 aromatic heterocycles. The molecule has 66 valence electrons. The second-order valence-electron chi connectivity index (χ2n) is 3.54. The molecule has 0 spiro atoms. The lowest BCUT2D eigenvalue weighted by molar-refractivity contribution is 1.15. The third kappa shape index (κ3) is 1.04. The molecule has 2 nitrogen and oxygen atoms in total. The maximum Gasteiger partial charge on any atom is 0.0814 e. The molecule has 0 bridgehead atoms. The predicted octanol–water partition coefficient (Wildman–Crippen LogP) is 2.76. The Hall–Kier alpha value is -1.09. The van der Waals surface area contributed by atoms with Crippen LogP contribution in [0.2, 0.25) is 0 Å². The topological polar surface area (TPSA) is 38.9 Å². The number of nitrogen functional groups attached to an aromatic ring is 1. The van der Waals surface area contributed by atoms with E-state index in [0.717, 1.165) is 11.2 Å². The summed E-state index contributed by atoms with van der Waals surface area (Å²) in [4.78, 5) is 4.30. The van der Waals surface area contributed by atoms with Crippen LogP contribution in [-0.4, -0.2) is 4.98 Å². The van der Waals surface area contributed by atoms with E-state index >= 15 is 0 Å². The lowest BCUT2D eigenvalue weighted by Crippen LogP contribution is -1.93. The van der Waals surface area contributed by atoms with Crippen LogP contribution in [0.5, 0.6) is 0 Å². The SMILES string of the molecule is Nc1cnc2ccsc2c1C1CC1. The molecule has 2 aromatic rings. The van der Waals surface area contributed by atoms with Crippen molar-refractivity contribution in [3.8, 4) is 0 Å². The van der Waals surface area contributed by atoms with Crippen molar-refractivity contribution in [1.82, 2.24) is 4.98 Å². The van der Waals surface area contributed by atoms with Gasteiger partial charge < -0.3 is 5.73 Å². The average Bonchev–Trinajstić information content (AvgIpc) is 2.82. The predicted molar refractivity (Wildman–Crippen MR) is 56.0 cm³/mol. The first-order chi connectivity index (χ1) is 6.36. The maximum atomic E-state index is 5.93. The average molecular weight is 190 g/mol. The molecule has 0 saturated heterocycles. The van der Waals surface area contributed by atoms with Crippen molar-refractivity contribution in [3.63, 3.8) is 0 Å². The van der Waals surface area contributed by atoms with Gasteiger partial charge in [-0.05, 0) is 35.8 Å². The zero-order valence-electron chi connectivity index (χ0n) is 7.16. The van der Waals surface area contributed by atoms with Crippen LogP contribution in [0.15, 0.2) is 17.6 Å². The molecule has 2 heterocycles. The minimum atomic E-state index is 0.712. The zero-order chi connectivity index (χ0) is 8.84. The molecule has 1 fully saturated rings. The Labute approximate surface area is 80.4 Å². The summed E-state index contributed by atoms with van der Waals surface area (Å²) in [6.07, 6.45) is 4.38. The number of hydrogen-bond acceptors (Lipinski definition) is 3. The quantitative estimate of drug-likeness (QED) is 0.751. The van der Waals surface area contributed by atoms with Crippen molar-refractivity contribution in [2.75, 3.05) is 5.73 Å². The number of rotatable bonds is 1. The first-order valence-electron chi connectivity index (χ1n) is 4.48. The molecule has 0 amide bonds. The van der Waals surface area contributed by atoms with Crippen LogP contribution >= 0.6 is 11.3 Å². The monoisotopic (exact) mass is 190 g/mol. The summed E-state index contributed by atoms with van der Waals surface area (Å²) >= 11 is 1.75. The number of fused-ring (bicyclic) bond motifs is 1. The van der Waals surface area contributed by atoms with Crippen LogP contribution in [0.3, 0.4) is 0 Å². The van der Waals surface area contributed by atoms with E-state index in [4.69, 9.17) is 5.73 Å². The van der Waals surface area contributed by atoms with Crippen molar-refractivity contribution in [2.24, 2.45) is 0 Å². The molecule has 13 heavy (non-hydrogen) atoms. The Morgan fingerprint density at radius 2 is 2.31 bits per heavy atom. The fraction of sp³-hybridized carbons (Fsp3) is 0.300. The van der Waals surface area contributed by atoms with Crippen LogP contribution in [0.25, 0.3) is 10.2 Å². The Bertz CT molecular complexity index is 457. The van der Waals surface area contributed by atoms with Gasteiger partial charge in [-0.1, -0.05) is 0 Å². The zero-order valence-corrected chi connectivity index (χ0v) is 7.97. The Morgan fingerprint density at radius 1 is 1.46 bits per heavy atom. The van der Waals surface area contributed by atoms with Gasteiger partial charge in [-0.15, -0.1) is 11.3 Å². The van der Waals surface area contributed by atoms with Crippen LogP contribution in [-0.2, 0) is 0 Å². The van der Waals surface area contributed by atoms with Crippen molar-refractivity contribution >= 4 is 27.2 Å². The van der Waals surface area contributed by atoms with E-state index in [1.54, 1.807) is 17.5 Å². The minimum Gasteiger partial charge on any atom is -0.397 e. The summed E-state index contributed by atoms with van der Waals surface area (Å²) in [5.74, 6) is 0.712. The third-order valence-electron chi connectivity index (χ3n) is 2.53. The van der Waals surface area contributed by atoms with Crippen molar-refractivity contribution in [3.05, 3.63) is 23.2 Å². The second kappa shape index (κ2) is 2.45. The summed E-state index contributed by atoms with van der Waals surface area (Å²) in [5, 5.41) is 2.09. The van der Waals surface area contributed by atoms with Gasteiger partial charge in [-0.25, -0.2) is 0 Å². The number of anilines is 1. The number of nitrogens with zero attached hydrogens (tertiary/aromatic N) is 1. The first kappa shape index (κ1) is 7.33. The molecule has 3 rings (SSSR count). The van der Waals surface area contributed by atoms with E-state index in [9.17, 15) is 0 Å². The molecule has 0 unspecified atom stereocenters. The van der Waals surface area contributed by atoms with E-state index in [1.165, 1.54) is 23.1 Å². The summed E-state index contributed by atoms with van der Waals surface area (Å²) in [5.41, 5.74) is 9.25. The van der Waals surface area contributed by atoms with Crippen molar-refractivity contribution in [2.45, 2.75) is 18.8 Å². The Morgan fingerprint density at radius 3 is 3.08 bits per heavy atom. The van der Waals surface area contributed by atoms with Gasteiger partial charge >= 0.3 is 0 Å². The molecule has 1 aliphatic rings. The molecule has 0 radical (unpaired) electrons. The smallest absolute Gasteiger partial charge is 0.0814 e. The highest BCUT2D eigenvalue weighted by molar-refractivity contribution is 7.17. The molecule has 3 heteroatoms. The van der Waals surface area contributed by atoms with Gasteiger partial charge in [0.05, 0.1) is 22.1 Å². The number of hydrogen-bond donors (Lipinski definition) is 1. The molecule has 1 aliphatic carbocycles. The lowest BCUT2D eigenvalue weighted by Gasteiger charge is -2.03. The standard InChI is InChI=1S/C10H10N2S/c11-7-5-12-8-3-4-13-10(8)9(7)6-1-2-6/h3-6H,1-2,11H2. The summed E-state index contributed by atoms with van der Waals surface area (Å²) in [7, 11) is 0. The van der Waals surface area contributed by atoms with Gasteiger partial charge in [-0.2, -0.15) is 0 Å². The first-order valence-corrected chi connectivity index (χ1v) is 5.36. The van der Waals surface area contributed by atoms with Gasteiger partial charge in [0.2, 0.25) is 0 Å². The molecule has 1 saturated carbocycles. The van der Waals surface area contributed by atoms with Gasteiger partial charge in [-0.3, -0.25) is 4.98 Å². The van der Waals surface area contributed by atoms with E-state index in [0.29, 0.717) is 5.92 Å².